The van der Waals surface area contributed by atoms with E-state index >= 15 is 0 Å². The lowest BCUT2D eigenvalue weighted by Gasteiger charge is -2.02. The number of aldehydes is 1. The SMILES string of the molecule is O=C/C(=C/[O-])c1cnc2ccccc2n1. The van der Waals surface area contributed by atoms with Crippen LogP contribution in [0.3, 0.4) is 0 Å². The zero-order valence-electron chi connectivity index (χ0n) is 7.75. The molecule has 0 aliphatic heterocycles. The van der Waals surface area contributed by atoms with Crippen LogP contribution in [-0.4, -0.2) is 16.3 Å². The summed E-state index contributed by atoms with van der Waals surface area (Å²) in [7, 11) is 0. The van der Waals surface area contributed by atoms with Gasteiger partial charge in [-0.05, 0) is 12.1 Å². The van der Waals surface area contributed by atoms with Gasteiger partial charge < -0.3 is 5.11 Å². The lowest BCUT2D eigenvalue weighted by molar-refractivity contribution is -0.273. The normalized spacial score (nSPS) is 11.6. The molecule has 2 rings (SSSR count). The van der Waals surface area contributed by atoms with E-state index in [-0.39, 0.29) is 5.57 Å². The van der Waals surface area contributed by atoms with E-state index in [0.29, 0.717) is 23.8 Å². The first kappa shape index (κ1) is 9.33. The predicted molar refractivity (Wildman–Crippen MR) is 53.6 cm³/mol. The van der Waals surface area contributed by atoms with Crippen LogP contribution >= 0.6 is 0 Å². The molecule has 2 aromatic rings. The molecule has 0 N–H and O–H groups in total. The molecule has 0 atom stereocenters. The minimum Gasteiger partial charge on any atom is -0.877 e. The molecule has 74 valence electrons. The summed E-state index contributed by atoms with van der Waals surface area (Å²) >= 11 is 0. The molecule has 0 radical (unpaired) electrons. The Balaban J connectivity index is 2.61. The van der Waals surface area contributed by atoms with Crippen LogP contribution in [0.15, 0.2) is 36.7 Å². The zero-order chi connectivity index (χ0) is 10.7. The average Bonchev–Trinajstić information content (AvgIpc) is 2.30. The highest BCUT2D eigenvalue weighted by atomic mass is 16.2. The van der Waals surface area contributed by atoms with Gasteiger partial charge in [-0.25, -0.2) is 4.98 Å². The number of carbonyl (C=O) groups is 1. The van der Waals surface area contributed by atoms with Gasteiger partial charge in [0.15, 0.2) is 6.29 Å². The number of allylic oxidation sites excluding steroid dienone is 1. The summed E-state index contributed by atoms with van der Waals surface area (Å²) in [5, 5.41) is 10.5. The van der Waals surface area contributed by atoms with E-state index in [1.54, 1.807) is 6.07 Å². The van der Waals surface area contributed by atoms with Crippen LogP contribution in [0, 0.1) is 0 Å². The molecule has 0 amide bonds. The smallest absolute Gasteiger partial charge is 0.151 e. The van der Waals surface area contributed by atoms with Crippen molar-refractivity contribution in [2.75, 3.05) is 0 Å². The molecule has 0 spiro atoms. The number of nitrogens with zero attached hydrogens (tertiary/aromatic N) is 2. The lowest BCUT2D eigenvalue weighted by Crippen LogP contribution is -1.98. The Bertz CT molecular complexity index is 535. The quantitative estimate of drug-likeness (QED) is 0.402. The maximum atomic E-state index is 10.5. The van der Waals surface area contributed by atoms with E-state index in [1.807, 2.05) is 18.2 Å². The number of hydrogen-bond acceptors (Lipinski definition) is 4. The largest absolute Gasteiger partial charge is 0.877 e. The van der Waals surface area contributed by atoms with Crippen LogP contribution < -0.4 is 5.11 Å². The second kappa shape index (κ2) is 3.88. The van der Waals surface area contributed by atoms with Crippen LogP contribution in [0.25, 0.3) is 16.6 Å². The summed E-state index contributed by atoms with van der Waals surface area (Å²) in [6.45, 7) is 0. The molecular weight excluding hydrogens is 192 g/mol. The maximum absolute atomic E-state index is 10.5. The molecule has 1 aromatic heterocycles. The lowest BCUT2D eigenvalue weighted by atomic mass is 10.2. The second-order valence-electron chi connectivity index (χ2n) is 2.94. The van der Waals surface area contributed by atoms with Gasteiger partial charge in [-0.2, -0.15) is 0 Å². The highest BCUT2D eigenvalue weighted by Gasteiger charge is 2.01. The van der Waals surface area contributed by atoms with Gasteiger partial charge in [-0.3, -0.25) is 9.78 Å². The molecule has 0 saturated carbocycles. The molecule has 0 aliphatic carbocycles. The monoisotopic (exact) mass is 199 g/mol. The Kier molecular flexibility index (Phi) is 2.41. The van der Waals surface area contributed by atoms with Crippen molar-refractivity contribution in [3.8, 4) is 0 Å². The van der Waals surface area contributed by atoms with Gasteiger partial charge in [-0.15, -0.1) is 6.26 Å². The maximum Gasteiger partial charge on any atom is 0.151 e. The van der Waals surface area contributed by atoms with Gasteiger partial charge in [0.2, 0.25) is 0 Å². The van der Waals surface area contributed by atoms with Crippen LogP contribution in [0.1, 0.15) is 5.69 Å². The summed E-state index contributed by atoms with van der Waals surface area (Å²) < 4.78 is 0. The minimum atomic E-state index is 0.00764. The summed E-state index contributed by atoms with van der Waals surface area (Å²) in [5.74, 6) is 0. The molecule has 1 aromatic carbocycles. The third-order valence-corrected chi connectivity index (χ3v) is 2.00. The number of hydrogen-bond donors (Lipinski definition) is 0. The number of carbonyl (C=O) groups excluding carboxylic acids is 1. The summed E-state index contributed by atoms with van der Waals surface area (Å²) in [6, 6.07) is 7.26. The number of benzene rings is 1. The molecular formula is C11H7N2O2-. The zero-order valence-corrected chi connectivity index (χ0v) is 7.75. The van der Waals surface area contributed by atoms with Gasteiger partial charge in [0.1, 0.15) is 0 Å². The molecule has 0 saturated heterocycles. The van der Waals surface area contributed by atoms with Crippen molar-refractivity contribution in [3.63, 3.8) is 0 Å². The number of para-hydroxylation sites is 2. The molecule has 0 fully saturated rings. The van der Waals surface area contributed by atoms with E-state index in [4.69, 9.17) is 0 Å². The third kappa shape index (κ3) is 1.69. The summed E-state index contributed by atoms with van der Waals surface area (Å²) in [4.78, 5) is 18.8. The molecule has 0 bridgehead atoms. The van der Waals surface area contributed by atoms with Crippen molar-refractivity contribution >= 4 is 22.9 Å². The Morgan fingerprint density at radius 1 is 1.27 bits per heavy atom. The Hall–Kier alpha value is -2.23. The first-order valence-corrected chi connectivity index (χ1v) is 4.34. The van der Waals surface area contributed by atoms with Crippen LogP contribution in [0.2, 0.25) is 0 Å². The van der Waals surface area contributed by atoms with Crippen molar-refractivity contribution in [2.24, 2.45) is 0 Å². The molecule has 1 heterocycles. The number of aromatic nitrogens is 2. The first-order chi connectivity index (χ1) is 7.35. The van der Waals surface area contributed by atoms with Crippen molar-refractivity contribution in [1.29, 1.82) is 0 Å². The van der Waals surface area contributed by atoms with Crippen LogP contribution in [-0.2, 0) is 4.79 Å². The molecule has 4 heteroatoms. The molecule has 0 aliphatic rings. The topological polar surface area (TPSA) is 65.9 Å². The summed E-state index contributed by atoms with van der Waals surface area (Å²) in [5.41, 5.74) is 1.71. The van der Waals surface area contributed by atoms with E-state index in [0.717, 1.165) is 5.52 Å². The van der Waals surface area contributed by atoms with Gasteiger partial charge in [0.25, 0.3) is 0 Å². The third-order valence-electron chi connectivity index (χ3n) is 2.00. The predicted octanol–water partition coefficient (Wildman–Crippen LogP) is 0.530. The first-order valence-electron chi connectivity index (χ1n) is 4.34. The fourth-order valence-electron chi connectivity index (χ4n) is 1.24. The number of fused-ring (bicyclic) bond motifs is 1. The highest BCUT2D eigenvalue weighted by Crippen LogP contribution is 2.12. The molecule has 0 unspecified atom stereocenters. The Morgan fingerprint density at radius 2 is 2.00 bits per heavy atom. The fourth-order valence-corrected chi connectivity index (χ4v) is 1.24. The Labute approximate surface area is 85.9 Å². The van der Waals surface area contributed by atoms with Gasteiger partial charge in [0, 0.05) is 5.57 Å². The second-order valence-corrected chi connectivity index (χ2v) is 2.94. The highest BCUT2D eigenvalue weighted by molar-refractivity contribution is 6.05. The van der Waals surface area contributed by atoms with Crippen LogP contribution in [0.5, 0.6) is 0 Å². The Morgan fingerprint density at radius 3 is 2.67 bits per heavy atom. The number of rotatable bonds is 2. The van der Waals surface area contributed by atoms with Crippen molar-refractivity contribution in [1.82, 2.24) is 9.97 Å². The molecule has 4 nitrogen and oxygen atoms in total. The fraction of sp³-hybridized carbons (Fsp3) is 0. The van der Waals surface area contributed by atoms with Gasteiger partial charge in [-0.1, -0.05) is 12.1 Å². The van der Waals surface area contributed by atoms with E-state index in [9.17, 15) is 9.90 Å². The molecule has 15 heavy (non-hydrogen) atoms. The van der Waals surface area contributed by atoms with Gasteiger partial charge in [0.05, 0.1) is 22.9 Å². The average molecular weight is 199 g/mol. The standard InChI is InChI=1S/C11H8N2O2/c14-6-8(7-15)11-5-12-9-3-1-2-4-10(9)13-11/h1-7,14H/p-1/b8-6-. The van der Waals surface area contributed by atoms with E-state index < -0.39 is 0 Å². The van der Waals surface area contributed by atoms with Gasteiger partial charge >= 0.3 is 0 Å². The minimum absolute atomic E-state index is 0.00764. The van der Waals surface area contributed by atoms with E-state index in [2.05, 4.69) is 9.97 Å². The van der Waals surface area contributed by atoms with Crippen LogP contribution in [0.4, 0.5) is 0 Å². The van der Waals surface area contributed by atoms with Crippen molar-refractivity contribution < 1.29 is 9.90 Å². The van der Waals surface area contributed by atoms with E-state index in [1.165, 1.54) is 6.20 Å². The summed E-state index contributed by atoms with van der Waals surface area (Å²) in [6.07, 6.45) is 2.37. The van der Waals surface area contributed by atoms with Crippen molar-refractivity contribution in [3.05, 3.63) is 42.4 Å². The van der Waals surface area contributed by atoms with Crippen molar-refractivity contribution in [2.45, 2.75) is 0 Å².